The van der Waals surface area contributed by atoms with Crippen LogP contribution in [0, 0.1) is 10.1 Å². The Bertz CT molecular complexity index is 604. The summed E-state index contributed by atoms with van der Waals surface area (Å²) in [6.07, 6.45) is 2.73. The fraction of sp³-hybridized carbons (Fsp3) is 0.154. The zero-order valence-electron chi connectivity index (χ0n) is 10.2. The normalized spacial score (nSPS) is 11.9. The van der Waals surface area contributed by atoms with Crippen molar-refractivity contribution in [2.24, 2.45) is 0 Å². The quantitative estimate of drug-likeness (QED) is 0.681. The van der Waals surface area contributed by atoms with E-state index in [9.17, 15) is 10.1 Å². The van der Waals surface area contributed by atoms with Crippen LogP contribution in [-0.2, 0) is 0 Å². The summed E-state index contributed by atoms with van der Waals surface area (Å²) in [6, 6.07) is 8.82. The monoisotopic (exact) mass is 277 g/mol. The highest BCUT2D eigenvalue weighted by atomic mass is 35.5. The Balaban J connectivity index is 2.27. The molecule has 0 saturated carbocycles. The van der Waals surface area contributed by atoms with E-state index in [0.717, 1.165) is 5.56 Å². The van der Waals surface area contributed by atoms with Crippen molar-refractivity contribution in [1.82, 2.24) is 4.98 Å². The molecule has 1 heterocycles. The molecule has 1 aromatic heterocycles. The second-order valence-corrected chi connectivity index (χ2v) is 4.44. The summed E-state index contributed by atoms with van der Waals surface area (Å²) >= 11 is 6.10. The smallest absolute Gasteiger partial charge is 0.310 e. The number of nitro groups is 1. The molecule has 0 amide bonds. The number of hydrogen-bond donors (Lipinski definition) is 1. The highest BCUT2D eigenvalue weighted by Crippen LogP contribution is 2.29. The summed E-state index contributed by atoms with van der Waals surface area (Å²) in [5.41, 5.74) is 1.25. The summed E-state index contributed by atoms with van der Waals surface area (Å²) in [5, 5.41) is 14.6. The summed E-state index contributed by atoms with van der Waals surface area (Å²) in [4.78, 5) is 14.2. The van der Waals surface area contributed by atoms with Crippen molar-refractivity contribution in [3.63, 3.8) is 0 Å². The molecule has 1 unspecified atom stereocenters. The zero-order chi connectivity index (χ0) is 13.8. The largest absolute Gasteiger partial charge is 0.373 e. The standard InChI is InChI=1S/C13H12ClN3O2/c1-9(10-4-2-3-5-11(10)14)16-12-6-7-15-8-13(12)17(18)19/h2-9H,1H3,(H,15,16). The molecule has 19 heavy (non-hydrogen) atoms. The lowest BCUT2D eigenvalue weighted by molar-refractivity contribution is -0.384. The second-order valence-electron chi connectivity index (χ2n) is 4.04. The number of anilines is 1. The fourth-order valence-corrected chi connectivity index (χ4v) is 2.09. The van der Waals surface area contributed by atoms with Crippen LogP contribution in [0.15, 0.2) is 42.7 Å². The van der Waals surface area contributed by atoms with Crippen molar-refractivity contribution < 1.29 is 4.92 Å². The molecule has 6 heteroatoms. The molecule has 0 aliphatic rings. The molecule has 98 valence electrons. The van der Waals surface area contributed by atoms with E-state index in [1.807, 2.05) is 25.1 Å². The Labute approximate surface area is 115 Å². The number of nitrogens with one attached hydrogen (secondary N) is 1. The van der Waals surface area contributed by atoms with E-state index in [-0.39, 0.29) is 11.7 Å². The van der Waals surface area contributed by atoms with E-state index in [2.05, 4.69) is 10.3 Å². The second kappa shape index (κ2) is 5.67. The average molecular weight is 278 g/mol. The maximum atomic E-state index is 10.9. The Morgan fingerprint density at radius 3 is 2.79 bits per heavy atom. The minimum Gasteiger partial charge on any atom is -0.373 e. The van der Waals surface area contributed by atoms with Gasteiger partial charge in [0.2, 0.25) is 0 Å². The molecule has 1 atom stereocenters. The highest BCUT2D eigenvalue weighted by molar-refractivity contribution is 6.31. The molecular formula is C13H12ClN3O2. The molecule has 1 aromatic carbocycles. The van der Waals surface area contributed by atoms with E-state index >= 15 is 0 Å². The minimum absolute atomic E-state index is 0.0543. The third-order valence-corrected chi connectivity index (χ3v) is 3.08. The van der Waals surface area contributed by atoms with Crippen LogP contribution in [0.2, 0.25) is 5.02 Å². The van der Waals surface area contributed by atoms with Gasteiger partial charge in [0.1, 0.15) is 11.9 Å². The van der Waals surface area contributed by atoms with Gasteiger partial charge in [-0.1, -0.05) is 29.8 Å². The highest BCUT2D eigenvalue weighted by Gasteiger charge is 2.16. The molecule has 5 nitrogen and oxygen atoms in total. The van der Waals surface area contributed by atoms with Crippen LogP contribution in [0.25, 0.3) is 0 Å². The summed E-state index contributed by atoms with van der Waals surface area (Å²) < 4.78 is 0. The summed E-state index contributed by atoms with van der Waals surface area (Å²) in [6.45, 7) is 1.89. The van der Waals surface area contributed by atoms with Crippen LogP contribution >= 0.6 is 11.6 Å². The number of rotatable bonds is 4. The van der Waals surface area contributed by atoms with E-state index in [4.69, 9.17) is 11.6 Å². The van der Waals surface area contributed by atoms with E-state index in [1.54, 1.807) is 12.1 Å². The first-order chi connectivity index (χ1) is 9.09. The predicted octanol–water partition coefficient (Wildman–Crippen LogP) is 3.82. The molecule has 2 aromatic rings. The predicted molar refractivity (Wildman–Crippen MR) is 74.4 cm³/mol. The van der Waals surface area contributed by atoms with E-state index in [1.165, 1.54) is 12.4 Å². The van der Waals surface area contributed by atoms with E-state index < -0.39 is 4.92 Å². The molecule has 2 rings (SSSR count). The molecule has 0 bridgehead atoms. The molecule has 0 fully saturated rings. The van der Waals surface area contributed by atoms with Gasteiger partial charge in [-0.25, -0.2) is 0 Å². The lowest BCUT2D eigenvalue weighted by atomic mass is 10.1. The van der Waals surface area contributed by atoms with Gasteiger partial charge in [-0.05, 0) is 24.6 Å². The van der Waals surface area contributed by atoms with Crippen LogP contribution in [0.1, 0.15) is 18.5 Å². The third kappa shape index (κ3) is 3.00. The number of aromatic nitrogens is 1. The Hall–Kier alpha value is -2.14. The van der Waals surface area contributed by atoms with Gasteiger partial charge < -0.3 is 5.32 Å². The maximum Gasteiger partial charge on any atom is 0.310 e. The van der Waals surface area contributed by atoms with Gasteiger partial charge in [0.25, 0.3) is 0 Å². The van der Waals surface area contributed by atoms with Crippen molar-refractivity contribution in [2.75, 3.05) is 5.32 Å². The topological polar surface area (TPSA) is 68.1 Å². The SMILES string of the molecule is CC(Nc1ccncc1[N+](=O)[O-])c1ccccc1Cl. The first-order valence-corrected chi connectivity index (χ1v) is 6.06. The first-order valence-electron chi connectivity index (χ1n) is 5.69. The molecule has 0 aliphatic heterocycles. The van der Waals surface area contributed by atoms with Crippen LogP contribution in [0.4, 0.5) is 11.4 Å². The third-order valence-electron chi connectivity index (χ3n) is 2.74. The van der Waals surface area contributed by atoms with Crippen molar-refractivity contribution in [3.8, 4) is 0 Å². The van der Waals surface area contributed by atoms with E-state index in [0.29, 0.717) is 10.7 Å². The average Bonchev–Trinajstić information content (AvgIpc) is 2.39. The van der Waals surface area contributed by atoms with Crippen LogP contribution < -0.4 is 5.32 Å². The Morgan fingerprint density at radius 2 is 2.11 bits per heavy atom. The number of hydrogen-bond acceptors (Lipinski definition) is 4. The van der Waals surface area contributed by atoms with Gasteiger partial charge in [-0.2, -0.15) is 0 Å². The lowest BCUT2D eigenvalue weighted by Gasteiger charge is -2.16. The number of benzene rings is 1. The maximum absolute atomic E-state index is 10.9. The number of pyridine rings is 1. The van der Waals surface area contributed by atoms with Crippen molar-refractivity contribution >= 4 is 23.0 Å². The van der Waals surface area contributed by atoms with Crippen molar-refractivity contribution in [2.45, 2.75) is 13.0 Å². The molecule has 0 spiro atoms. The molecule has 1 N–H and O–H groups in total. The van der Waals surface area contributed by atoms with Crippen molar-refractivity contribution in [3.05, 3.63) is 63.4 Å². The molecule has 0 aliphatic carbocycles. The fourth-order valence-electron chi connectivity index (χ4n) is 1.79. The van der Waals surface area contributed by atoms with Gasteiger partial charge in [-0.15, -0.1) is 0 Å². The number of halogens is 1. The zero-order valence-corrected chi connectivity index (χ0v) is 11.0. The number of nitrogens with zero attached hydrogens (tertiary/aromatic N) is 2. The minimum atomic E-state index is -0.464. The summed E-state index contributed by atoms with van der Waals surface area (Å²) in [7, 11) is 0. The molecule has 0 saturated heterocycles. The van der Waals surface area contributed by atoms with Crippen LogP contribution in [0.3, 0.4) is 0 Å². The van der Waals surface area contributed by atoms with Gasteiger partial charge in [0.15, 0.2) is 0 Å². The summed E-state index contributed by atoms with van der Waals surface area (Å²) in [5.74, 6) is 0. The van der Waals surface area contributed by atoms with Gasteiger partial charge in [0, 0.05) is 11.2 Å². The molecule has 0 radical (unpaired) electrons. The van der Waals surface area contributed by atoms with Gasteiger partial charge >= 0.3 is 5.69 Å². The van der Waals surface area contributed by atoms with Crippen LogP contribution in [0.5, 0.6) is 0 Å². The van der Waals surface area contributed by atoms with Gasteiger partial charge in [-0.3, -0.25) is 15.1 Å². The Morgan fingerprint density at radius 1 is 1.37 bits per heavy atom. The Kier molecular flexibility index (Phi) is 3.97. The first kappa shape index (κ1) is 13.3. The van der Waals surface area contributed by atoms with Gasteiger partial charge in [0.05, 0.1) is 11.0 Å². The molecular weight excluding hydrogens is 266 g/mol. The lowest BCUT2D eigenvalue weighted by Crippen LogP contribution is -2.09. The van der Waals surface area contributed by atoms with Crippen LogP contribution in [-0.4, -0.2) is 9.91 Å². The van der Waals surface area contributed by atoms with Crippen molar-refractivity contribution in [1.29, 1.82) is 0 Å².